The summed E-state index contributed by atoms with van der Waals surface area (Å²) in [6, 6.07) is 14.9. The number of hydrogen-bond acceptors (Lipinski definition) is 7. The molecule has 1 amide bonds. The first-order valence-corrected chi connectivity index (χ1v) is 13.2. The summed E-state index contributed by atoms with van der Waals surface area (Å²) < 4.78 is 35.4. The van der Waals surface area contributed by atoms with Crippen LogP contribution in [0.4, 0.5) is 11.4 Å². The number of ether oxygens (including phenoxy) is 2. The van der Waals surface area contributed by atoms with Gasteiger partial charge in [0.15, 0.2) is 0 Å². The van der Waals surface area contributed by atoms with Crippen LogP contribution in [0.3, 0.4) is 0 Å². The number of carbonyl (C=O) groups excluding carboxylic acids is 3. The first-order valence-electron chi connectivity index (χ1n) is 10.6. The Kier molecular flexibility index (Phi) is 8.80. The normalized spacial score (nSPS) is 10.9. The summed E-state index contributed by atoms with van der Waals surface area (Å²) in [7, 11) is -1.33. The second kappa shape index (κ2) is 11.6. The number of esters is 2. The number of halogens is 2. The van der Waals surface area contributed by atoms with Crippen LogP contribution in [-0.4, -0.2) is 46.7 Å². The van der Waals surface area contributed by atoms with Gasteiger partial charge in [0.05, 0.1) is 53.9 Å². The lowest BCUT2D eigenvalue weighted by atomic mass is 10.1. The van der Waals surface area contributed by atoms with Gasteiger partial charge in [0, 0.05) is 11.3 Å². The lowest BCUT2D eigenvalue weighted by Crippen LogP contribution is -2.29. The molecule has 0 fully saturated rings. The van der Waals surface area contributed by atoms with Gasteiger partial charge in [-0.05, 0) is 48.0 Å². The molecule has 0 atom stereocenters. The van der Waals surface area contributed by atoms with Gasteiger partial charge in [-0.15, -0.1) is 0 Å². The molecule has 0 aromatic heterocycles. The smallest absolute Gasteiger partial charge is 0.337 e. The van der Waals surface area contributed by atoms with Crippen LogP contribution >= 0.6 is 23.2 Å². The zero-order chi connectivity index (χ0) is 27.3. The molecule has 9 nitrogen and oxygen atoms in total. The van der Waals surface area contributed by atoms with E-state index in [0.29, 0.717) is 5.56 Å². The highest BCUT2D eigenvalue weighted by atomic mass is 35.5. The maximum absolute atomic E-state index is 12.8. The Morgan fingerprint density at radius 3 is 1.95 bits per heavy atom. The minimum absolute atomic E-state index is 0.0511. The highest BCUT2D eigenvalue weighted by Gasteiger charge is 2.22. The number of rotatable bonds is 8. The van der Waals surface area contributed by atoms with Crippen molar-refractivity contribution in [2.75, 3.05) is 30.1 Å². The Balaban J connectivity index is 1.84. The van der Waals surface area contributed by atoms with Crippen LogP contribution in [0.5, 0.6) is 0 Å². The van der Waals surface area contributed by atoms with E-state index in [-0.39, 0.29) is 44.7 Å². The van der Waals surface area contributed by atoms with Crippen molar-refractivity contribution in [1.82, 2.24) is 0 Å². The first-order chi connectivity index (χ1) is 17.4. The summed E-state index contributed by atoms with van der Waals surface area (Å²) >= 11 is 12.3. The summed E-state index contributed by atoms with van der Waals surface area (Å²) in [5, 5.41) is 2.95. The molecule has 3 aromatic rings. The quantitative estimate of drug-likeness (QED) is 0.391. The van der Waals surface area contributed by atoms with E-state index >= 15 is 0 Å². The molecule has 0 radical (unpaired) electrons. The van der Waals surface area contributed by atoms with E-state index in [1.54, 1.807) is 30.3 Å². The fourth-order valence-corrected chi connectivity index (χ4v) is 4.71. The molecule has 0 aliphatic carbocycles. The number of hydrogen-bond donors (Lipinski definition) is 1. The van der Waals surface area contributed by atoms with E-state index in [1.807, 2.05) is 0 Å². The predicted molar refractivity (Wildman–Crippen MR) is 141 cm³/mol. The van der Waals surface area contributed by atoms with Crippen molar-refractivity contribution in [3.8, 4) is 0 Å². The van der Waals surface area contributed by atoms with Crippen molar-refractivity contribution in [3.05, 3.63) is 93.0 Å². The molecule has 12 heteroatoms. The molecule has 37 heavy (non-hydrogen) atoms. The zero-order valence-electron chi connectivity index (χ0n) is 19.9. The van der Waals surface area contributed by atoms with Crippen LogP contribution in [0.2, 0.25) is 10.0 Å². The zero-order valence-corrected chi connectivity index (χ0v) is 22.3. The number of amides is 1. The highest BCUT2D eigenvalue weighted by Crippen LogP contribution is 2.34. The van der Waals surface area contributed by atoms with Gasteiger partial charge < -0.3 is 14.8 Å². The summed E-state index contributed by atoms with van der Waals surface area (Å²) in [6.07, 6.45) is 1.05. The average Bonchev–Trinajstić information content (AvgIpc) is 2.87. The molecule has 3 rings (SSSR count). The van der Waals surface area contributed by atoms with Gasteiger partial charge in [0.1, 0.15) is 0 Å². The molecule has 0 heterocycles. The van der Waals surface area contributed by atoms with E-state index in [0.717, 1.165) is 10.6 Å². The number of benzene rings is 3. The monoisotopic (exact) mass is 564 g/mol. The fourth-order valence-electron chi connectivity index (χ4n) is 3.37. The summed E-state index contributed by atoms with van der Waals surface area (Å²) in [5.41, 5.74) is 1.34. The second-order valence-electron chi connectivity index (χ2n) is 7.78. The Labute approximate surface area is 223 Å². The van der Waals surface area contributed by atoms with Crippen LogP contribution in [0, 0.1) is 0 Å². The van der Waals surface area contributed by atoms with Crippen LogP contribution in [0.1, 0.15) is 36.6 Å². The van der Waals surface area contributed by atoms with Crippen LogP contribution in [0.15, 0.2) is 60.7 Å². The second-order valence-corrected chi connectivity index (χ2v) is 10.5. The average molecular weight is 565 g/mol. The van der Waals surface area contributed by atoms with E-state index in [4.69, 9.17) is 32.7 Å². The lowest BCUT2D eigenvalue weighted by Gasteiger charge is -2.24. The van der Waals surface area contributed by atoms with Gasteiger partial charge in [-0.2, -0.15) is 0 Å². The number of sulfonamides is 1. The molecule has 0 bridgehead atoms. The first kappa shape index (κ1) is 28.0. The highest BCUT2D eigenvalue weighted by molar-refractivity contribution is 7.92. The lowest BCUT2D eigenvalue weighted by molar-refractivity contribution is 0.0598. The van der Waals surface area contributed by atoms with Gasteiger partial charge in [0.2, 0.25) is 10.0 Å². The van der Waals surface area contributed by atoms with Gasteiger partial charge in [-0.3, -0.25) is 9.10 Å². The molecule has 3 aromatic carbocycles. The van der Waals surface area contributed by atoms with E-state index in [9.17, 15) is 22.8 Å². The molecule has 0 unspecified atom stereocenters. The molecule has 0 spiro atoms. The van der Waals surface area contributed by atoms with Crippen molar-refractivity contribution in [2.45, 2.75) is 6.54 Å². The minimum atomic E-state index is -3.71. The predicted octanol–water partition coefficient (Wildman–Crippen LogP) is 4.79. The third-order valence-electron chi connectivity index (χ3n) is 5.18. The molecular formula is C25H22Cl2N2O7S. The van der Waals surface area contributed by atoms with Crippen molar-refractivity contribution in [3.63, 3.8) is 0 Å². The van der Waals surface area contributed by atoms with Gasteiger partial charge in [-0.1, -0.05) is 41.4 Å². The number of nitrogens with zero attached hydrogens (tertiary/aromatic N) is 1. The van der Waals surface area contributed by atoms with Crippen LogP contribution < -0.4 is 9.62 Å². The Bertz CT molecular complexity index is 1420. The third kappa shape index (κ3) is 6.79. The molecule has 0 saturated heterocycles. The molecule has 194 valence electrons. The van der Waals surface area contributed by atoms with Gasteiger partial charge >= 0.3 is 11.9 Å². The van der Waals surface area contributed by atoms with Crippen LogP contribution in [-0.2, 0) is 26.0 Å². The number of methoxy groups -OCH3 is 2. The summed E-state index contributed by atoms with van der Waals surface area (Å²) in [5.74, 6) is -1.91. The number of nitrogens with one attached hydrogen (secondary N) is 1. The molecule has 0 aliphatic rings. The Morgan fingerprint density at radius 1 is 0.865 bits per heavy atom. The van der Waals surface area contributed by atoms with Crippen molar-refractivity contribution in [1.29, 1.82) is 0 Å². The Morgan fingerprint density at radius 2 is 1.43 bits per heavy atom. The fraction of sp³-hybridized carbons (Fsp3) is 0.160. The van der Waals surface area contributed by atoms with Gasteiger partial charge in [0.25, 0.3) is 5.91 Å². The maximum Gasteiger partial charge on any atom is 0.337 e. The maximum atomic E-state index is 12.8. The summed E-state index contributed by atoms with van der Waals surface area (Å²) in [6.45, 7) is -0.0511. The molecule has 0 saturated carbocycles. The van der Waals surface area contributed by atoms with Crippen molar-refractivity contribution in [2.24, 2.45) is 0 Å². The van der Waals surface area contributed by atoms with E-state index in [2.05, 4.69) is 5.32 Å². The Hall–Kier alpha value is -3.60. The number of anilines is 2. The summed E-state index contributed by atoms with van der Waals surface area (Å²) in [4.78, 5) is 36.8. The van der Waals surface area contributed by atoms with Gasteiger partial charge in [-0.25, -0.2) is 18.0 Å². The minimum Gasteiger partial charge on any atom is -0.465 e. The van der Waals surface area contributed by atoms with E-state index < -0.39 is 27.9 Å². The van der Waals surface area contributed by atoms with Crippen molar-refractivity contribution < 1.29 is 32.3 Å². The SMILES string of the molecule is COC(=O)c1cc(NC(=O)c2ccc(CN(c3cccc(Cl)c3Cl)S(C)(=O)=O)cc2)cc(C(=O)OC)c1. The standard InChI is InChI=1S/C25H22Cl2N2O7S/c1-35-24(31)17-11-18(25(32)36-2)13-19(12-17)28-23(30)16-9-7-15(8-10-16)14-29(37(3,33)34)21-6-4-5-20(26)22(21)27/h4-13H,14H2,1-3H3,(H,28,30). The molecule has 1 N–H and O–H groups in total. The third-order valence-corrected chi connectivity index (χ3v) is 7.11. The van der Waals surface area contributed by atoms with Crippen molar-refractivity contribution >= 4 is 62.4 Å². The largest absolute Gasteiger partial charge is 0.465 e. The molecular weight excluding hydrogens is 543 g/mol. The van der Waals surface area contributed by atoms with Crippen LogP contribution in [0.25, 0.3) is 0 Å². The van der Waals surface area contributed by atoms with E-state index in [1.165, 1.54) is 44.6 Å². The topological polar surface area (TPSA) is 119 Å². The molecule has 0 aliphatic heterocycles. The number of carbonyl (C=O) groups is 3.